The molecule has 0 aliphatic carbocycles. The van der Waals surface area contributed by atoms with E-state index in [1.165, 1.54) is 12.1 Å². The standard InChI is InChI=1S/C16H14ClFN2O6S/c17-13-9-11(18)1-3-14(13)26-15-4-2-12(20(21)22)10-16(15)27(23,24)19-5-7-25-8-6-19/h1-4,9-10H,5-8H2. The average Bonchev–Trinajstić information content (AvgIpc) is 2.64. The van der Waals surface area contributed by atoms with Crippen molar-refractivity contribution < 1.29 is 27.2 Å². The molecule has 1 heterocycles. The van der Waals surface area contributed by atoms with Crippen LogP contribution in [0, 0.1) is 15.9 Å². The Morgan fingerprint density at radius 1 is 1.15 bits per heavy atom. The van der Waals surface area contributed by atoms with Crippen LogP contribution in [-0.2, 0) is 14.8 Å². The van der Waals surface area contributed by atoms with Crippen molar-refractivity contribution in [3.8, 4) is 11.5 Å². The maximum Gasteiger partial charge on any atom is 0.271 e. The molecule has 2 aromatic carbocycles. The second-order valence-corrected chi connectivity index (χ2v) is 7.89. The molecule has 144 valence electrons. The second-order valence-electron chi connectivity index (χ2n) is 5.58. The molecule has 0 radical (unpaired) electrons. The highest BCUT2D eigenvalue weighted by Crippen LogP contribution is 2.36. The summed E-state index contributed by atoms with van der Waals surface area (Å²) in [7, 11) is -4.08. The van der Waals surface area contributed by atoms with Crippen LogP contribution in [0.4, 0.5) is 10.1 Å². The third-order valence-electron chi connectivity index (χ3n) is 3.84. The van der Waals surface area contributed by atoms with Crippen molar-refractivity contribution in [2.45, 2.75) is 4.90 Å². The summed E-state index contributed by atoms with van der Waals surface area (Å²) in [6.45, 7) is 0.659. The fraction of sp³-hybridized carbons (Fsp3) is 0.250. The minimum Gasteiger partial charge on any atom is -0.454 e. The molecule has 0 aromatic heterocycles. The van der Waals surface area contributed by atoms with Gasteiger partial charge in [0.25, 0.3) is 5.69 Å². The SMILES string of the molecule is O=[N+]([O-])c1ccc(Oc2ccc(F)cc2Cl)c(S(=O)(=O)N2CCOCC2)c1. The van der Waals surface area contributed by atoms with E-state index in [0.29, 0.717) is 0 Å². The molecule has 0 unspecified atom stereocenters. The molecule has 0 amide bonds. The Bertz CT molecular complexity index is 979. The van der Waals surface area contributed by atoms with Gasteiger partial charge < -0.3 is 9.47 Å². The average molecular weight is 417 g/mol. The number of hydrogen-bond donors (Lipinski definition) is 0. The van der Waals surface area contributed by atoms with Crippen molar-refractivity contribution in [3.63, 3.8) is 0 Å². The first kappa shape index (κ1) is 19.5. The Hall–Kier alpha value is -2.27. The van der Waals surface area contributed by atoms with Crippen LogP contribution in [0.3, 0.4) is 0 Å². The number of benzene rings is 2. The van der Waals surface area contributed by atoms with Gasteiger partial charge in [0.1, 0.15) is 22.2 Å². The molecule has 0 saturated carbocycles. The molecule has 11 heteroatoms. The number of nitro benzene ring substituents is 1. The molecule has 0 atom stereocenters. The molecular formula is C16H14ClFN2O6S. The van der Waals surface area contributed by atoms with E-state index in [9.17, 15) is 22.9 Å². The number of nitro groups is 1. The van der Waals surface area contributed by atoms with Crippen LogP contribution in [0.5, 0.6) is 11.5 Å². The summed E-state index contributed by atoms with van der Waals surface area (Å²) in [5.41, 5.74) is -0.403. The number of rotatable bonds is 5. The Morgan fingerprint density at radius 2 is 1.81 bits per heavy atom. The van der Waals surface area contributed by atoms with E-state index in [2.05, 4.69) is 0 Å². The van der Waals surface area contributed by atoms with Crippen LogP contribution < -0.4 is 4.74 Å². The highest BCUT2D eigenvalue weighted by atomic mass is 35.5. The molecule has 1 saturated heterocycles. The molecule has 27 heavy (non-hydrogen) atoms. The number of morpholine rings is 1. The van der Waals surface area contributed by atoms with Crippen molar-refractivity contribution >= 4 is 27.3 Å². The number of ether oxygens (including phenoxy) is 2. The van der Waals surface area contributed by atoms with E-state index in [4.69, 9.17) is 21.1 Å². The fourth-order valence-electron chi connectivity index (χ4n) is 2.50. The molecule has 0 N–H and O–H groups in total. The van der Waals surface area contributed by atoms with E-state index in [1.807, 2.05) is 0 Å². The first-order chi connectivity index (χ1) is 12.8. The van der Waals surface area contributed by atoms with Gasteiger partial charge in [-0.3, -0.25) is 10.1 Å². The van der Waals surface area contributed by atoms with Crippen LogP contribution in [0.15, 0.2) is 41.3 Å². The molecule has 2 aromatic rings. The summed E-state index contributed by atoms with van der Waals surface area (Å²) >= 11 is 5.93. The maximum absolute atomic E-state index is 13.2. The molecule has 0 bridgehead atoms. The lowest BCUT2D eigenvalue weighted by atomic mass is 10.3. The zero-order valence-corrected chi connectivity index (χ0v) is 15.4. The Labute approximate surface area is 159 Å². The molecule has 1 aliphatic rings. The first-order valence-corrected chi connectivity index (χ1v) is 9.60. The molecule has 0 spiro atoms. The molecule has 1 aliphatic heterocycles. The van der Waals surface area contributed by atoms with Gasteiger partial charge in [-0.05, 0) is 24.3 Å². The van der Waals surface area contributed by atoms with Crippen molar-refractivity contribution in [1.82, 2.24) is 4.31 Å². The van der Waals surface area contributed by atoms with E-state index in [-0.39, 0.29) is 47.7 Å². The maximum atomic E-state index is 13.2. The molecule has 8 nitrogen and oxygen atoms in total. The van der Waals surface area contributed by atoms with Gasteiger partial charge in [-0.1, -0.05) is 11.6 Å². The van der Waals surface area contributed by atoms with Gasteiger partial charge in [0.05, 0.1) is 23.2 Å². The minimum atomic E-state index is -4.08. The lowest BCUT2D eigenvalue weighted by Crippen LogP contribution is -2.40. The number of sulfonamides is 1. The summed E-state index contributed by atoms with van der Waals surface area (Å²) < 4.78 is 51.0. The highest BCUT2D eigenvalue weighted by molar-refractivity contribution is 7.89. The monoisotopic (exact) mass is 416 g/mol. The van der Waals surface area contributed by atoms with Gasteiger partial charge >= 0.3 is 0 Å². The van der Waals surface area contributed by atoms with Crippen molar-refractivity contribution in [1.29, 1.82) is 0 Å². The number of hydrogen-bond acceptors (Lipinski definition) is 6. The predicted molar refractivity (Wildman–Crippen MR) is 94.2 cm³/mol. The first-order valence-electron chi connectivity index (χ1n) is 7.78. The summed E-state index contributed by atoms with van der Waals surface area (Å²) in [5, 5.41) is 11.0. The van der Waals surface area contributed by atoms with Crippen molar-refractivity contribution in [2.75, 3.05) is 26.3 Å². The van der Waals surface area contributed by atoms with Gasteiger partial charge in [0.2, 0.25) is 10.0 Å². The number of non-ortho nitro benzene ring substituents is 1. The largest absolute Gasteiger partial charge is 0.454 e. The van der Waals surface area contributed by atoms with Crippen LogP contribution in [-0.4, -0.2) is 43.9 Å². The molecule has 1 fully saturated rings. The molecule has 3 rings (SSSR count). The van der Waals surface area contributed by atoms with E-state index >= 15 is 0 Å². The quantitative estimate of drug-likeness (QED) is 0.548. The van der Waals surface area contributed by atoms with E-state index in [1.54, 1.807) is 0 Å². The smallest absolute Gasteiger partial charge is 0.271 e. The highest BCUT2D eigenvalue weighted by Gasteiger charge is 2.31. The summed E-state index contributed by atoms with van der Waals surface area (Å²) in [5.74, 6) is -0.719. The summed E-state index contributed by atoms with van der Waals surface area (Å²) in [6, 6.07) is 6.57. The summed E-state index contributed by atoms with van der Waals surface area (Å²) in [6.07, 6.45) is 0. The lowest BCUT2D eigenvalue weighted by molar-refractivity contribution is -0.385. The van der Waals surface area contributed by atoms with Crippen LogP contribution in [0.25, 0.3) is 0 Å². The third-order valence-corrected chi connectivity index (χ3v) is 6.06. The van der Waals surface area contributed by atoms with Crippen molar-refractivity contribution in [2.24, 2.45) is 0 Å². The number of nitrogens with zero attached hydrogens (tertiary/aromatic N) is 2. The van der Waals surface area contributed by atoms with Gasteiger partial charge in [-0.15, -0.1) is 0 Å². The van der Waals surface area contributed by atoms with Gasteiger partial charge in [0, 0.05) is 25.2 Å². The third kappa shape index (κ3) is 4.19. The second kappa shape index (κ2) is 7.77. The Morgan fingerprint density at radius 3 is 2.44 bits per heavy atom. The van der Waals surface area contributed by atoms with Crippen LogP contribution >= 0.6 is 11.6 Å². The van der Waals surface area contributed by atoms with E-state index in [0.717, 1.165) is 28.6 Å². The van der Waals surface area contributed by atoms with Crippen molar-refractivity contribution in [3.05, 3.63) is 57.4 Å². The minimum absolute atomic E-state index is 0.0188. The fourth-order valence-corrected chi connectivity index (χ4v) is 4.25. The summed E-state index contributed by atoms with van der Waals surface area (Å²) in [4.78, 5) is 10.0. The van der Waals surface area contributed by atoms with Crippen LogP contribution in [0.1, 0.15) is 0 Å². The van der Waals surface area contributed by atoms with E-state index < -0.39 is 26.5 Å². The lowest BCUT2D eigenvalue weighted by Gasteiger charge is -2.26. The van der Waals surface area contributed by atoms with Gasteiger partial charge in [-0.2, -0.15) is 4.31 Å². The van der Waals surface area contributed by atoms with Crippen LogP contribution in [0.2, 0.25) is 5.02 Å². The normalized spacial score (nSPS) is 15.5. The van der Waals surface area contributed by atoms with Gasteiger partial charge in [-0.25, -0.2) is 12.8 Å². The number of halogens is 2. The topological polar surface area (TPSA) is 99.0 Å². The van der Waals surface area contributed by atoms with Gasteiger partial charge in [0.15, 0.2) is 0 Å². The zero-order valence-electron chi connectivity index (χ0n) is 13.8. The Kier molecular flexibility index (Phi) is 5.61. The predicted octanol–water partition coefficient (Wildman–Crippen LogP) is 3.20. The zero-order chi connectivity index (χ0) is 19.6. The Balaban J connectivity index is 2.06. The molecular weight excluding hydrogens is 403 g/mol.